The van der Waals surface area contributed by atoms with Crippen LogP contribution in [0, 0.1) is 6.92 Å². The molecule has 0 amide bonds. The average molecular weight is 291 g/mol. The number of nitrogens with two attached hydrogens (primary N) is 1. The Balaban J connectivity index is 2.26. The van der Waals surface area contributed by atoms with Gasteiger partial charge in [0.25, 0.3) is 0 Å². The van der Waals surface area contributed by atoms with Crippen LogP contribution in [0.4, 0.5) is 0 Å². The highest BCUT2D eigenvalue weighted by atomic mass is 35.5. The number of aryl methyl sites for hydroxylation is 1. The number of nitrogens with one attached hydrogen (secondary N) is 1. The van der Waals surface area contributed by atoms with Crippen molar-refractivity contribution in [3.63, 3.8) is 0 Å². The van der Waals surface area contributed by atoms with Crippen LogP contribution in [-0.4, -0.2) is 7.11 Å². The second-order valence-corrected chi connectivity index (χ2v) is 5.15. The van der Waals surface area contributed by atoms with Crippen LogP contribution in [-0.2, 0) is 6.42 Å². The Morgan fingerprint density at radius 3 is 2.65 bits per heavy atom. The monoisotopic (exact) mass is 290 g/mol. The number of hydrogen-bond donors (Lipinski definition) is 2. The van der Waals surface area contributed by atoms with E-state index < -0.39 is 0 Å². The first-order valence-corrected chi connectivity index (χ1v) is 6.87. The predicted octanol–water partition coefficient (Wildman–Crippen LogP) is 3.40. The number of hydrogen-bond acceptors (Lipinski definition) is 3. The molecule has 106 valence electrons. The van der Waals surface area contributed by atoms with Gasteiger partial charge in [-0.15, -0.1) is 0 Å². The van der Waals surface area contributed by atoms with Gasteiger partial charge in [0.2, 0.25) is 0 Å². The molecular weight excluding hydrogens is 272 g/mol. The minimum absolute atomic E-state index is 0.0160. The molecule has 2 aromatic rings. The van der Waals surface area contributed by atoms with E-state index in [4.69, 9.17) is 22.2 Å². The fourth-order valence-corrected chi connectivity index (χ4v) is 2.42. The van der Waals surface area contributed by atoms with Crippen molar-refractivity contribution >= 4 is 11.6 Å². The maximum absolute atomic E-state index is 6.05. The van der Waals surface area contributed by atoms with Gasteiger partial charge in [-0.05, 0) is 42.2 Å². The topological polar surface area (TPSA) is 47.3 Å². The fraction of sp³-hybridized carbons (Fsp3) is 0.250. The van der Waals surface area contributed by atoms with E-state index >= 15 is 0 Å². The Morgan fingerprint density at radius 2 is 2.00 bits per heavy atom. The molecule has 2 aromatic carbocycles. The first kappa shape index (κ1) is 14.9. The zero-order chi connectivity index (χ0) is 14.5. The zero-order valence-electron chi connectivity index (χ0n) is 11.7. The van der Waals surface area contributed by atoms with Crippen molar-refractivity contribution in [3.05, 3.63) is 64.2 Å². The summed E-state index contributed by atoms with van der Waals surface area (Å²) in [4.78, 5) is 0. The lowest BCUT2D eigenvalue weighted by atomic mass is 9.96. The predicted molar refractivity (Wildman–Crippen MR) is 83.0 cm³/mol. The molecule has 0 aliphatic rings. The first-order chi connectivity index (χ1) is 9.65. The van der Waals surface area contributed by atoms with Gasteiger partial charge in [0.15, 0.2) is 0 Å². The normalized spacial score (nSPS) is 12.2. The summed E-state index contributed by atoms with van der Waals surface area (Å²) in [6.07, 6.45) is 0.813. The van der Waals surface area contributed by atoms with E-state index in [1.807, 2.05) is 30.3 Å². The standard InChI is InChI=1S/C16H19ClN2O/c1-11-5-3-4-6-12(11)9-15(19-18)13-7-8-14(17)16(10-13)20-2/h3-8,10,15,19H,9,18H2,1-2H3. The average Bonchev–Trinajstić information content (AvgIpc) is 2.47. The number of methoxy groups -OCH3 is 1. The van der Waals surface area contributed by atoms with E-state index in [1.165, 1.54) is 11.1 Å². The van der Waals surface area contributed by atoms with Crippen molar-refractivity contribution in [1.82, 2.24) is 5.43 Å². The lowest BCUT2D eigenvalue weighted by Crippen LogP contribution is -2.29. The molecule has 0 fully saturated rings. The third kappa shape index (κ3) is 3.31. The quantitative estimate of drug-likeness (QED) is 0.655. The summed E-state index contributed by atoms with van der Waals surface area (Å²) < 4.78 is 5.25. The van der Waals surface area contributed by atoms with Gasteiger partial charge in [-0.25, -0.2) is 0 Å². The molecule has 0 radical (unpaired) electrons. The van der Waals surface area contributed by atoms with E-state index in [0.717, 1.165) is 12.0 Å². The Bertz CT molecular complexity index is 586. The van der Waals surface area contributed by atoms with Crippen molar-refractivity contribution in [2.75, 3.05) is 7.11 Å². The number of ether oxygens (including phenoxy) is 1. The van der Waals surface area contributed by atoms with Crippen molar-refractivity contribution in [2.45, 2.75) is 19.4 Å². The highest BCUT2D eigenvalue weighted by molar-refractivity contribution is 6.32. The van der Waals surface area contributed by atoms with Gasteiger partial charge in [-0.1, -0.05) is 41.9 Å². The van der Waals surface area contributed by atoms with Crippen LogP contribution < -0.4 is 16.0 Å². The third-order valence-corrected chi connectivity index (χ3v) is 3.78. The summed E-state index contributed by atoms with van der Waals surface area (Å²) in [5, 5.41) is 0.600. The fourth-order valence-electron chi connectivity index (χ4n) is 2.23. The lowest BCUT2D eigenvalue weighted by molar-refractivity contribution is 0.413. The van der Waals surface area contributed by atoms with Gasteiger partial charge >= 0.3 is 0 Å². The maximum atomic E-state index is 6.05. The molecular formula is C16H19ClN2O. The van der Waals surface area contributed by atoms with Crippen LogP contribution in [0.25, 0.3) is 0 Å². The Labute approximate surface area is 124 Å². The molecule has 20 heavy (non-hydrogen) atoms. The summed E-state index contributed by atoms with van der Waals surface area (Å²) in [6.45, 7) is 2.10. The van der Waals surface area contributed by atoms with Gasteiger partial charge in [0.1, 0.15) is 5.75 Å². The summed E-state index contributed by atoms with van der Waals surface area (Å²) >= 11 is 6.05. The minimum atomic E-state index is 0.0160. The smallest absolute Gasteiger partial charge is 0.137 e. The molecule has 1 unspecified atom stereocenters. The van der Waals surface area contributed by atoms with Crippen LogP contribution in [0.1, 0.15) is 22.7 Å². The molecule has 0 aliphatic carbocycles. The van der Waals surface area contributed by atoms with Gasteiger partial charge in [0, 0.05) is 0 Å². The van der Waals surface area contributed by atoms with Gasteiger partial charge < -0.3 is 4.74 Å². The molecule has 0 saturated carbocycles. The first-order valence-electron chi connectivity index (χ1n) is 6.49. The number of halogens is 1. The molecule has 2 rings (SSSR count). The summed E-state index contributed by atoms with van der Waals surface area (Å²) in [7, 11) is 1.61. The largest absolute Gasteiger partial charge is 0.495 e. The second kappa shape index (κ2) is 6.75. The van der Waals surface area contributed by atoms with Crippen molar-refractivity contribution in [1.29, 1.82) is 0 Å². The van der Waals surface area contributed by atoms with E-state index in [0.29, 0.717) is 10.8 Å². The van der Waals surface area contributed by atoms with E-state index in [2.05, 4.69) is 24.5 Å². The summed E-state index contributed by atoms with van der Waals surface area (Å²) in [5.74, 6) is 6.37. The summed E-state index contributed by atoms with van der Waals surface area (Å²) in [5.41, 5.74) is 6.44. The van der Waals surface area contributed by atoms with E-state index in [-0.39, 0.29) is 6.04 Å². The molecule has 0 heterocycles. The molecule has 0 aromatic heterocycles. The molecule has 0 saturated heterocycles. The molecule has 0 spiro atoms. The van der Waals surface area contributed by atoms with Crippen LogP contribution in [0.5, 0.6) is 5.75 Å². The molecule has 4 heteroatoms. The van der Waals surface area contributed by atoms with Crippen molar-refractivity contribution < 1.29 is 4.74 Å². The van der Waals surface area contributed by atoms with Crippen LogP contribution in [0.15, 0.2) is 42.5 Å². The van der Waals surface area contributed by atoms with Crippen molar-refractivity contribution in [2.24, 2.45) is 5.84 Å². The third-order valence-electron chi connectivity index (χ3n) is 3.46. The molecule has 3 N–H and O–H groups in total. The molecule has 0 bridgehead atoms. The molecule has 1 atom stereocenters. The lowest BCUT2D eigenvalue weighted by Gasteiger charge is -2.18. The molecule has 3 nitrogen and oxygen atoms in total. The van der Waals surface area contributed by atoms with E-state index in [9.17, 15) is 0 Å². The second-order valence-electron chi connectivity index (χ2n) is 4.74. The highest BCUT2D eigenvalue weighted by Gasteiger charge is 2.13. The number of hydrazine groups is 1. The Hall–Kier alpha value is -1.55. The van der Waals surface area contributed by atoms with E-state index in [1.54, 1.807) is 7.11 Å². The van der Waals surface area contributed by atoms with Gasteiger partial charge in [-0.2, -0.15) is 0 Å². The molecule has 0 aliphatic heterocycles. The maximum Gasteiger partial charge on any atom is 0.137 e. The number of rotatable bonds is 5. The van der Waals surface area contributed by atoms with Crippen LogP contribution >= 0.6 is 11.6 Å². The van der Waals surface area contributed by atoms with Gasteiger partial charge in [-0.3, -0.25) is 11.3 Å². The SMILES string of the molecule is COc1cc(C(Cc2ccccc2C)NN)ccc1Cl. The minimum Gasteiger partial charge on any atom is -0.495 e. The Kier molecular flexibility index (Phi) is 5.01. The Morgan fingerprint density at radius 1 is 1.25 bits per heavy atom. The highest BCUT2D eigenvalue weighted by Crippen LogP contribution is 2.29. The number of benzene rings is 2. The zero-order valence-corrected chi connectivity index (χ0v) is 12.4. The van der Waals surface area contributed by atoms with Gasteiger partial charge in [0.05, 0.1) is 18.2 Å². The van der Waals surface area contributed by atoms with Crippen LogP contribution in [0.3, 0.4) is 0 Å². The summed E-state index contributed by atoms with van der Waals surface area (Å²) in [6, 6.07) is 14.0. The van der Waals surface area contributed by atoms with Crippen molar-refractivity contribution in [3.8, 4) is 5.75 Å². The van der Waals surface area contributed by atoms with Crippen LogP contribution in [0.2, 0.25) is 5.02 Å².